The van der Waals surface area contributed by atoms with Gasteiger partial charge in [0.05, 0.1) is 6.85 Å². The summed E-state index contributed by atoms with van der Waals surface area (Å²) in [6.45, 7) is 0.255. The van der Waals surface area contributed by atoms with Gasteiger partial charge in [-0.15, -0.1) is 0 Å². The molecule has 2 rings (SSSR count). The van der Waals surface area contributed by atoms with E-state index in [-0.39, 0.29) is 18.5 Å². The Bertz CT molecular complexity index is 504. The van der Waals surface area contributed by atoms with E-state index in [1.165, 1.54) is 0 Å². The molecule has 0 aromatic carbocycles. The largest absolute Gasteiger partial charge is 0.310 e. The van der Waals surface area contributed by atoms with Crippen LogP contribution in [0, 0.1) is 0 Å². The highest BCUT2D eigenvalue weighted by atomic mass is 14.9. The van der Waals surface area contributed by atoms with Crippen LogP contribution < -0.4 is 5.32 Å². The molecule has 0 spiro atoms. The Kier molecular flexibility index (Phi) is 0.700. The van der Waals surface area contributed by atoms with E-state index < -0.39 is 36.8 Å². The van der Waals surface area contributed by atoms with Crippen molar-refractivity contribution in [3.05, 3.63) is 30.0 Å². The molecule has 58 valence electrons. The van der Waals surface area contributed by atoms with Gasteiger partial charge in [-0.1, -0.05) is 6.04 Å². The molecule has 1 unspecified atom stereocenters. The summed E-state index contributed by atoms with van der Waals surface area (Å²) < 4.78 is 54.0. The van der Waals surface area contributed by atoms with E-state index in [0.717, 1.165) is 0 Å². The molecule has 1 N–H and O–H groups in total. The fourth-order valence-electron chi connectivity index (χ4n) is 0.963. The zero-order valence-electron chi connectivity index (χ0n) is 12.9. The minimum atomic E-state index is -1.96. The molecule has 0 radical (unpaired) electrons. The summed E-state index contributed by atoms with van der Waals surface area (Å²) in [5.74, 6) is 0. The van der Waals surface area contributed by atoms with E-state index in [1.807, 2.05) is 0 Å². The molecule has 2 heteroatoms. The first kappa shape index (κ1) is 2.56. The van der Waals surface area contributed by atoms with Crippen molar-refractivity contribution in [3.8, 4) is 0 Å². The second kappa shape index (κ2) is 3.01. The van der Waals surface area contributed by atoms with Crippen molar-refractivity contribution in [1.29, 1.82) is 0 Å². The van der Waals surface area contributed by atoms with Crippen molar-refractivity contribution in [2.75, 3.05) is 6.54 Å². The fourth-order valence-corrected chi connectivity index (χ4v) is 0.963. The molecule has 1 aromatic rings. The van der Waals surface area contributed by atoms with Crippen LogP contribution in [0.3, 0.4) is 0 Å². The Balaban J connectivity index is 2.69. The standard InChI is InChI=1S/C9H12N2/c1-3-8(7-10-5-1)9-4-2-6-11-9/h1,3,5,7,9,11H,2,4,6H2/i1D,3D,4D2,5D,7D,9D. The minimum absolute atomic E-state index is 0.0886. The second-order valence-corrected chi connectivity index (χ2v) is 2.19. The molecule has 0 amide bonds. The molecule has 1 fully saturated rings. The maximum Gasteiger partial charge on any atom is 0.0843 e. The summed E-state index contributed by atoms with van der Waals surface area (Å²) in [7, 11) is 0. The van der Waals surface area contributed by atoms with Crippen LogP contribution in [0.15, 0.2) is 24.4 Å². The van der Waals surface area contributed by atoms with Gasteiger partial charge >= 0.3 is 0 Å². The van der Waals surface area contributed by atoms with Crippen LogP contribution in [0.5, 0.6) is 0 Å². The molecule has 0 bridgehead atoms. The quantitative estimate of drug-likeness (QED) is 0.665. The van der Waals surface area contributed by atoms with Gasteiger partial charge in [-0.25, -0.2) is 0 Å². The van der Waals surface area contributed by atoms with Gasteiger partial charge in [0.15, 0.2) is 0 Å². The van der Waals surface area contributed by atoms with Crippen LogP contribution >= 0.6 is 0 Å². The van der Waals surface area contributed by atoms with Crippen molar-refractivity contribution in [2.24, 2.45) is 0 Å². The SMILES string of the molecule is [2H]c1nc([2H])c(C2([2H])NCCC2([2H])[2H])c([2H])c1[2H]. The summed E-state index contributed by atoms with van der Waals surface area (Å²) in [6, 6.07) is -2.93. The van der Waals surface area contributed by atoms with Crippen molar-refractivity contribution in [1.82, 2.24) is 10.3 Å². The van der Waals surface area contributed by atoms with Gasteiger partial charge in [0.1, 0.15) is 0 Å². The monoisotopic (exact) mass is 155 g/mol. The third-order valence-corrected chi connectivity index (χ3v) is 1.45. The average Bonchev–Trinajstić information content (AvgIpc) is 2.51. The Morgan fingerprint density at radius 2 is 2.91 bits per heavy atom. The molecule has 2 heterocycles. The zero-order chi connectivity index (χ0) is 13.7. The normalized spacial score (nSPS) is 44.2. The number of nitrogens with one attached hydrogen (secondary N) is 1. The molecule has 0 saturated carbocycles. The van der Waals surface area contributed by atoms with Gasteiger partial charge in [0, 0.05) is 21.1 Å². The number of nitrogens with zero attached hydrogens (tertiary/aromatic N) is 1. The van der Waals surface area contributed by atoms with Crippen LogP contribution in [0.25, 0.3) is 0 Å². The van der Waals surface area contributed by atoms with Gasteiger partial charge in [-0.05, 0) is 30.9 Å². The highest BCUT2D eigenvalue weighted by Gasteiger charge is 2.15. The Labute approximate surface area is 76.5 Å². The molecule has 1 aromatic heterocycles. The lowest BCUT2D eigenvalue weighted by Gasteiger charge is -2.08. The molecule has 1 saturated heterocycles. The lowest BCUT2D eigenvalue weighted by molar-refractivity contribution is 0.645. The minimum Gasteiger partial charge on any atom is -0.310 e. The predicted octanol–water partition coefficient (Wildman–Crippen LogP) is 1.51. The Hall–Kier alpha value is -0.890. The highest BCUT2D eigenvalue weighted by Crippen LogP contribution is 2.21. The van der Waals surface area contributed by atoms with Crippen LogP contribution in [0.1, 0.15) is 34.0 Å². The van der Waals surface area contributed by atoms with Crippen molar-refractivity contribution >= 4 is 0 Å². The number of rotatable bonds is 1. The highest BCUT2D eigenvalue weighted by molar-refractivity contribution is 5.14. The molecule has 0 aliphatic carbocycles. The number of hydrogen-bond acceptors (Lipinski definition) is 2. The maximum absolute atomic E-state index is 8.16. The topological polar surface area (TPSA) is 24.9 Å². The number of hydrogen-bond donors (Lipinski definition) is 1. The average molecular weight is 155 g/mol. The summed E-state index contributed by atoms with van der Waals surface area (Å²) in [5.41, 5.74) is -0.272. The van der Waals surface area contributed by atoms with Crippen LogP contribution in [-0.4, -0.2) is 11.5 Å². The lowest BCUT2D eigenvalue weighted by atomic mass is 10.1. The predicted molar refractivity (Wildman–Crippen MR) is 44.2 cm³/mol. The lowest BCUT2D eigenvalue weighted by Crippen LogP contribution is -2.12. The van der Waals surface area contributed by atoms with Crippen molar-refractivity contribution in [3.63, 3.8) is 0 Å². The third kappa shape index (κ3) is 1.40. The van der Waals surface area contributed by atoms with E-state index in [1.54, 1.807) is 0 Å². The van der Waals surface area contributed by atoms with Crippen LogP contribution in [-0.2, 0) is 0 Å². The fraction of sp³-hybridized carbons (Fsp3) is 0.444. The van der Waals surface area contributed by atoms with E-state index in [9.17, 15) is 0 Å². The summed E-state index contributed by atoms with van der Waals surface area (Å²) in [6.07, 6.45) is -2.85. The summed E-state index contributed by atoms with van der Waals surface area (Å²) >= 11 is 0. The maximum atomic E-state index is 8.16. The number of aromatic nitrogens is 1. The van der Waals surface area contributed by atoms with E-state index in [0.29, 0.717) is 0 Å². The van der Waals surface area contributed by atoms with Gasteiger partial charge in [-0.2, -0.15) is 0 Å². The van der Waals surface area contributed by atoms with Gasteiger partial charge < -0.3 is 5.32 Å². The van der Waals surface area contributed by atoms with Gasteiger partial charge in [0.2, 0.25) is 0 Å². The zero-order valence-corrected chi connectivity index (χ0v) is 5.86. The molecule has 1 atom stereocenters. The first-order valence-electron chi connectivity index (χ1n) is 6.90. The van der Waals surface area contributed by atoms with Crippen LogP contribution in [0.2, 0.25) is 0 Å². The molecule has 11 heavy (non-hydrogen) atoms. The first-order chi connectivity index (χ1) is 8.21. The second-order valence-electron chi connectivity index (χ2n) is 2.19. The number of pyridine rings is 1. The molecule has 2 nitrogen and oxygen atoms in total. The first-order valence-corrected chi connectivity index (χ1v) is 3.40. The molecular weight excluding hydrogens is 136 g/mol. The van der Waals surface area contributed by atoms with Gasteiger partial charge in [-0.3, -0.25) is 4.98 Å². The van der Waals surface area contributed by atoms with Crippen molar-refractivity contribution < 1.29 is 9.60 Å². The molecular formula is C9H12N2. The molecule has 1 aliphatic rings. The van der Waals surface area contributed by atoms with E-state index >= 15 is 0 Å². The Morgan fingerprint density at radius 3 is 3.73 bits per heavy atom. The van der Waals surface area contributed by atoms with E-state index in [4.69, 9.17) is 9.60 Å². The van der Waals surface area contributed by atoms with Crippen LogP contribution in [0.4, 0.5) is 0 Å². The molecule has 1 aliphatic heterocycles. The summed E-state index contributed by atoms with van der Waals surface area (Å²) in [4.78, 5) is 3.49. The Morgan fingerprint density at radius 1 is 1.91 bits per heavy atom. The van der Waals surface area contributed by atoms with E-state index in [2.05, 4.69) is 10.3 Å². The van der Waals surface area contributed by atoms with Crippen molar-refractivity contribution in [2.45, 2.75) is 18.8 Å². The summed E-state index contributed by atoms with van der Waals surface area (Å²) in [5, 5.41) is 2.63. The smallest absolute Gasteiger partial charge is 0.0843 e. The van der Waals surface area contributed by atoms with Gasteiger partial charge in [0.25, 0.3) is 0 Å². The third-order valence-electron chi connectivity index (χ3n) is 1.45.